The summed E-state index contributed by atoms with van der Waals surface area (Å²) in [5, 5.41) is 16.7. The van der Waals surface area contributed by atoms with Crippen molar-refractivity contribution in [1.29, 1.82) is 0 Å². The average molecular weight is 278 g/mol. The molecule has 0 aromatic heterocycles. The Labute approximate surface area is 117 Å². The van der Waals surface area contributed by atoms with Crippen LogP contribution in [0.15, 0.2) is 24.3 Å². The molecule has 1 aromatic carbocycles. The van der Waals surface area contributed by atoms with Crippen LogP contribution in [0.2, 0.25) is 0 Å². The Bertz CT molecular complexity index is 530. The van der Waals surface area contributed by atoms with Gasteiger partial charge in [-0.15, -0.1) is 0 Å². The van der Waals surface area contributed by atoms with Gasteiger partial charge in [-0.2, -0.15) is 0 Å². The fraction of sp³-hybridized carbons (Fsp3) is 0.462. The van der Waals surface area contributed by atoms with Gasteiger partial charge in [0, 0.05) is 37.5 Å². The topological polar surface area (TPSA) is 87.5 Å². The third-order valence-electron chi connectivity index (χ3n) is 3.35. The molecule has 0 bridgehead atoms. The maximum Gasteiger partial charge on any atom is 0.322 e. The smallest absolute Gasteiger partial charge is 0.317 e. The molecule has 0 radical (unpaired) electrons. The third-order valence-corrected chi connectivity index (χ3v) is 3.35. The minimum atomic E-state index is -0.482. The number of hydrogen-bond donors (Lipinski definition) is 2. The highest BCUT2D eigenvalue weighted by Crippen LogP contribution is 2.20. The van der Waals surface area contributed by atoms with Gasteiger partial charge in [0.05, 0.1) is 10.5 Å². The first-order chi connectivity index (χ1) is 9.40. The number of anilines is 1. The van der Waals surface area contributed by atoms with Crippen LogP contribution in [0.3, 0.4) is 0 Å². The Morgan fingerprint density at radius 2 is 2.25 bits per heavy atom. The van der Waals surface area contributed by atoms with Crippen molar-refractivity contribution < 1.29 is 9.72 Å². The van der Waals surface area contributed by atoms with E-state index in [9.17, 15) is 14.9 Å². The Balaban J connectivity index is 2.11. The van der Waals surface area contributed by atoms with E-state index in [1.54, 1.807) is 17.0 Å². The predicted octanol–water partition coefficient (Wildman–Crippen LogP) is 1.81. The number of rotatable bonds is 2. The van der Waals surface area contributed by atoms with E-state index >= 15 is 0 Å². The summed E-state index contributed by atoms with van der Waals surface area (Å²) in [4.78, 5) is 24.3. The molecule has 0 unspecified atom stereocenters. The molecule has 1 aromatic rings. The van der Waals surface area contributed by atoms with E-state index in [1.807, 2.05) is 13.8 Å². The number of urea groups is 1. The van der Waals surface area contributed by atoms with Crippen molar-refractivity contribution in [2.24, 2.45) is 0 Å². The number of non-ortho nitro benzene ring substituents is 1. The van der Waals surface area contributed by atoms with Crippen LogP contribution >= 0.6 is 0 Å². The van der Waals surface area contributed by atoms with Gasteiger partial charge < -0.3 is 15.5 Å². The molecule has 7 heteroatoms. The minimum absolute atomic E-state index is 0.0395. The summed E-state index contributed by atoms with van der Waals surface area (Å²) in [5.74, 6) is 0. The van der Waals surface area contributed by atoms with Gasteiger partial charge in [0.1, 0.15) is 0 Å². The van der Waals surface area contributed by atoms with E-state index in [-0.39, 0.29) is 17.3 Å². The first-order valence-electron chi connectivity index (χ1n) is 6.44. The molecule has 2 amide bonds. The summed E-state index contributed by atoms with van der Waals surface area (Å²) in [5.41, 5.74) is 0.101. The van der Waals surface area contributed by atoms with Gasteiger partial charge in [-0.25, -0.2) is 4.79 Å². The summed E-state index contributed by atoms with van der Waals surface area (Å²) < 4.78 is 0. The summed E-state index contributed by atoms with van der Waals surface area (Å²) in [6.07, 6.45) is 0. The lowest BCUT2D eigenvalue weighted by Gasteiger charge is -2.42. The van der Waals surface area contributed by atoms with Gasteiger partial charge in [-0.3, -0.25) is 10.1 Å². The highest BCUT2D eigenvalue weighted by molar-refractivity contribution is 5.90. The molecule has 0 saturated carbocycles. The molecule has 1 heterocycles. The zero-order valence-corrected chi connectivity index (χ0v) is 11.5. The monoisotopic (exact) mass is 278 g/mol. The van der Waals surface area contributed by atoms with E-state index < -0.39 is 4.92 Å². The zero-order chi connectivity index (χ0) is 14.8. The molecule has 20 heavy (non-hydrogen) atoms. The standard InChI is InChI=1S/C13H18N4O3/c1-13(2)9-14-6-7-16(13)12(18)15-10-4-3-5-11(8-10)17(19)20/h3-5,8,14H,6-7,9H2,1-2H3,(H,15,18). The number of nitro benzene ring substituents is 1. The fourth-order valence-electron chi connectivity index (χ4n) is 2.25. The molecule has 1 saturated heterocycles. The van der Waals surface area contributed by atoms with Crippen molar-refractivity contribution in [2.75, 3.05) is 25.0 Å². The Hall–Kier alpha value is -2.15. The second kappa shape index (κ2) is 5.46. The summed E-state index contributed by atoms with van der Waals surface area (Å²) >= 11 is 0. The van der Waals surface area contributed by atoms with Crippen molar-refractivity contribution in [1.82, 2.24) is 10.2 Å². The van der Waals surface area contributed by atoms with E-state index in [2.05, 4.69) is 10.6 Å². The lowest BCUT2D eigenvalue weighted by molar-refractivity contribution is -0.384. The molecule has 2 rings (SSSR count). The second-order valence-electron chi connectivity index (χ2n) is 5.38. The van der Waals surface area contributed by atoms with Crippen molar-refractivity contribution in [3.8, 4) is 0 Å². The largest absolute Gasteiger partial charge is 0.322 e. The van der Waals surface area contributed by atoms with Crippen molar-refractivity contribution >= 4 is 17.4 Å². The van der Waals surface area contributed by atoms with Crippen LogP contribution in [-0.2, 0) is 0 Å². The Kier molecular flexibility index (Phi) is 3.89. The molecule has 1 aliphatic rings. The number of carbonyl (C=O) groups is 1. The van der Waals surface area contributed by atoms with Crippen LogP contribution in [0.1, 0.15) is 13.8 Å². The Morgan fingerprint density at radius 1 is 1.50 bits per heavy atom. The molecule has 7 nitrogen and oxygen atoms in total. The third kappa shape index (κ3) is 3.05. The molecule has 0 spiro atoms. The van der Waals surface area contributed by atoms with E-state index in [0.29, 0.717) is 12.2 Å². The molecule has 0 aliphatic carbocycles. The molecule has 0 atom stereocenters. The van der Waals surface area contributed by atoms with Crippen molar-refractivity contribution in [3.63, 3.8) is 0 Å². The van der Waals surface area contributed by atoms with Crippen LogP contribution in [0.4, 0.5) is 16.2 Å². The fourth-order valence-corrected chi connectivity index (χ4v) is 2.25. The highest BCUT2D eigenvalue weighted by Gasteiger charge is 2.33. The van der Waals surface area contributed by atoms with Gasteiger partial charge in [0.15, 0.2) is 0 Å². The van der Waals surface area contributed by atoms with E-state index in [4.69, 9.17) is 0 Å². The second-order valence-corrected chi connectivity index (χ2v) is 5.38. The lowest BCUT2D eigenvalue weighted by atomic mass is 10.0. The van der Waals surface area contributed by atoms with E-state index in [1.165, 1.54) is 12.1 Å². The summed E-state index contributed by atoms with van der Waals surface area (Å²) in [7, 11) is 0. The maximum atomic E-state index is 12.3. The number of nitro groups is 1. The normalized spacial score (nSPS) is 17.6. The Morgan fingerprint density at radius 3 is 2.90 bits per heavy atom. The van der Waals surface area contributed by atoms with Crippen LogP contribution in [0.5, 0.6) is 0 Å². The summed E-state index contributed by atoms with van der Waals surface area (Å²) in [6, 6.07) is 5.70. The van der Waals surface area contributed by atoms with Crippen LogP contribution in [0.25, 0.3) is 0 Å². The van der Waals surface area contributed by atoms with Gasteiger partial charge >= 0.3 is 6.03 Å². The SMILES string of the molecule is CC1(C)CNCCN1C(=O)Nc1cccc([N+](=O)[O-])c1. The number of hydrogen-bond acceptors (Lipinski definition) is 4. The van der Waals surface area contributed by atoms with Gasteiger partial charge in [-0.05, 0) is 19.9 Å². The zero-order valence-electron chi connectivity index (χ0n) is 11.5. The van der Waals surface area contributed by atoms with Crippen molar-refractivity contribution in [2.45, 2.75) is 19.4 Å². The molecule has 1 aliphatic heterocycles. The molecular formula is C13H18N4O3. The minimum Gasteiger partial charge on any atom is -0.317 e. The first kappa shape index (κ1) is 14.3. The quantitative estimate of drug-likeness (QED) is 0.638. The summed E-state index contributed by atoms with van der Waals surface area (Å²) in [6.45, 7) is 6.02. The molecule has 1 fully saturated rings. The average Bonchev–Trinajstić information content (AvgIpc) is 2.38. The first-order valence-corrected chi connectivity index (χ1v) is 6.44. The highest BCUT2D eigenvalue weighted by atomic mass is 16.6. The molecule has 2 N–H and O–H groups in total. The lowest BCUT2D eigenvalue weighted by Crippen LogP contribution is -2.60. The van der Waals surface area contributed by atoms with Crippen LogP contribution in [0, 0.1) is 10.1 Å². The van der Waals surface area contributed by atoms with Crippen LogP contribution < -0.4 is 10.6 Å². The number of nitrogens with one attached hydrogen (secondary N) is 2. The molecular weight excluding hydrogens is 260 g/mol. The van der Waals surface area contributed by atoms with Gasteiger partial charge in [-0.1, -0.05) is 6.07 Å². The van der Waals surface area contributed by atoms with Gasteiger partial charge in [0.2, 0.25) is 0 Å². The predicted molar refractivity (Wildman–Crippen MR) is 75.8 cm³/mol. The molecule has 108 valence electrons. The van der Waals surface area contributed by atoms with E-state index in [0.717, 1.165) is 13.1 Å². The number of benzene rings is 1. The number of nitrogens with zero attached hydrogens (tertiary/aromatic N) is 2. The number of piperazine rings is 1. The van der Waals surface area contributed by atoms with Gasteiger partial charge in [0.25, 0.3) is 5.69 Å². The number of carbonyl (C=O) groups excluding carboxylic acids is 1. The number of amides is 2. The van der Waals surface area contributed by atoms with Crippen molar-refractivity contribution in [3.05, 3.63) is 34.4 Å². The van der Waals surface area contributed by atoms with Crippen LogP contribution in [-0.4, -0.2) is 41.0 Å². The maximum absolute atomic E-state index is 12.3.